The molecule has 4 fully saturated rings. The van der Waals surface area contributed by atoms with Crippen molar-refractivity contribution in [2.75, 3.05) is 0 Å². The normalized spacial score (nSPS) is 29.5. The number of ether oxygens (including phenoxy) is 1. The average Bonchev–Trinajstić information content (AvgIpc) is 2.82. The zero-order valence-electron chi connectivity index (χ0n) is 18.0. The summed E-state index contributed by atoms with van der Waals surface area (Å²) in [5.41, 5.74) is 4.00. The van der Waals surface area contributed by atoms with E-state index >= 15 is 0 Å². The molecule has 0 radical (unpaired) electrons. The van der Waals surface area contributed by atoms with E-state index in [4.69, 9.17) is 4.74 Å². The van der Waals surface area contributed by atoms with Gasteiger partial charge in [-0.15, -0.1) is 0 Å². The molecule has 2 nitrogen and oxygen atoms in total. The Morgan fingerprint density at radius 1 is 0.645 bits per heavy atom. The average molecular weight is 410 g/mol. The predicted molar refractivity (Wildman–Crippen MR) is 125 cm³/mol. The third-order valence-electron chi connectivity index (χ3n) is 7.87. The fraction of sp³-hybridized carbons (Fsp3) is 0.379. The van der Waals surface area contributed by atoms with Crippen LogP contribution in [-0.4, -0.2) is 23.1 Å². The maximum Gasteiger partial charge on any atom is 0.108 e. The van der Waals surface area contributed by atoms with Crippen LogP contribution in [0.3, 0.4) is 0 Å². The van der Waals surface area contributed by atoms with Gasteiger partial charge in [-0.1, -0.05) is 91.0 Å². The number of hydrogen-bond donors (Lipinski definition) is 0. The van der Waals surface area contributed by atoms with Crippen LogP contribution in [0.5, 0.6) is 0 Å². The summed E-state index contributed by atoms with van der Waals surface area (Å²) in [5.74, 6) is 1.40. The van der Waals surface area contributed by atoms with Gasteiger partial charge in [-0.3, -0.25) is 4.90 Å². The molecule has 2 saturated carbocycles. The molecule has 3 aromatic rings. The van der Waals surface area contributed by atoms with E-state index in [1.807, 2.05) is 0 Å². The van der Waals surface area contributed by atoms with E-state index in [1.54, 1.807) is 0 Å². The highest BCUT2D eigenvalue weighted by molar-refractivity contribution is 5.30. The lowest BCUT2D eigenvalue weighted by molar-refractivity contribution is -0.169. The minimum absolute atomic E-state index is 0.0327. The standard InChI is InChI=1S/C29H31NO/c1-4-10-21(11-5-1)20-30-26-16-24-17-27(30)19-25(18-26)29(24)31-28(22-12-6-2-7-13-22)23-14-8-3-9-15-23/h1-15,24-29H,16-20H2. The van der Waals surface area contributed by atoms with Crippen molar-refractivity contribution in [1.82, 2.24) is 4.90 Å². The lowest BCUT2D eigenvalue weighted by Crippen LogP contribution is -2.62. The minimum atomic E-state index is 0.0327. The topological polar surface area (TPSA) is 12.5 Å². The highest BCUT2D eigenvalue weighted by Crippen LogP contribution is 2.52. The van der Waals surface area contributed by atoms with Crippen molar-refractivity contribution in [1.29, 1.82) is 0 Å². The highest BCUT2D eigenvalue weighted by Gasteiger charge is 2.52. The van der Waals surface area contributed by atoms with Gasteiger partial charge in [-0.05, 0) is 54.2 Å². The van der Waals surface area contributed by atoms with Gasteiger partial charge in [0.2, 0.25) is 0 Å². The van der Waals surface area contributed by atoms with Gasteiger partial charge in [-0.25, -0.2) is 0 Å². The number of benzene rings is 3. The molecule has 31 heavy (non-hydrogen) atoms. The summed E-state index contributed by atoms with van der Waals surface area (Å²) in [6.07, 6.45) is 5.59. The number of hydrogen-bond acceptors (Lipinski definition) is 2. The quantitative estimate of drug-likeness (QED) is 0.478. The minimum Gasteiger partial charge on any atom is -0.365 e. The van der Waals surface area contributed by atoms with Gasteiger partial charge >= 0.3 is 0 Å². The molecule has 2 aliphatic carbocycles. The molecular formula is C29H31NO. The molecule has 0 aromatic heterocycles. The van der Waals surface area contributed by atoms with Crippen LogP contribution >= 0.6 is 0 Å². The van der Waals surface area contributed by atoms with Crippen molar-refractivity contribution in [3.8, 4) is 0 Å². The first-order valence-electron chi connectivity index (χ1n) is 11.9. The second kappa shape index (κ2) is 8.26. The Balaban J connectivity index is 1.21. The first-order valence-corrected chi connectivity index (χ1v) is 11.9. The number of nitrogens with zero attached hydrogens (tertiary/aromatic N) is 1. The molecule has 0 atom stereocenters. The van der Waals surface area contributed by atoms with Gasteiger partial charge in [0.15, 0.2) is 0 Å². The monoisotopic (exact) mass is 409 g/mol. The summed E-state index contributed by atoms with van der Waals surface area (Å²) in [6.45, 7) is 1.11. The third-order valence-corrected chi connectivity index (χ3v) is 7.87. The fourth-order valence-corrected chi connectivity index (χ4v) is 6.58. The first-order chi connectivity index (χ1) is 15.3. The van der Waals surface area contributed by atoms with E-state index in [9.17, 15) is 0 Å². The Morgan fingerprint density at radius 3 is 1.58 bits per heavy atom. The van der Waals surface area contributed by atoms with Crippen molar-refractivity contribution < 1.29 is 4.74 Å². The summed E-state index contributed by atoms with van der Waals surface area (Å²) in [4.78, 5) is 2.81. The van der Waals surface area contributed by atoms with Gasteiger partial charge in [0, 0.05) is 18.6 Å². The van der Waals surface area contributed by atoms with Crippen LogP contribution in [-0.2, 0) is 11.3 Å². The van der Waals surface area contributed by atoms with Crippen LogP contribution in [0.15, 0.2) is 91.0 Å². The fourth-order valence-electron chi connectivity index (χ4n) is 6.58. The molecule has 0 N–H and O–H groups in total. The third kappa shape index (κ3) is 3.73. The first kappa shape index (κ1) is 19.3. The van der Waals surface area contributed by atoms with Crippen molar-refractivity contribution in [2.24, 2.45) is 11.8 Å². The van der Waals surface area contributed by atoms with E-state index in [0.717, 1.165) is 18.6 Å². The zero-order chi connectivity index (χ0) is 20.6. The lowest BCUT2D eigenvalue weighted by atomic mass is 9.61. The van der Waals surface area contributed by atoms with Crippen LogP contribution < -0.4 is 0 Å². The van der Waals surface area contributed by atoms with E-state index < -0.39 is 0 Å². The van der Waals surface area contributed by atoms with Gasteiger partial charge in [0.1, 0.15) is 6.10 Å². The molecule has 3 aromatic carbocycles. The van der Waals surface area contributed by atoms with Crippen molar-refractivity contribution in [2.45, 2.75) is 56.5 Å². The molecule has 7 rings (SSSR count). The Kier molecular flexibility index (Phi) is 5.13. The van der Waals surface area contributed by atoms with Gasteiger partial charge in [0.05, 0.1) is 6.10 Å². The Bertz CT molecular complexity index is 918. The van der Waals surface area contributed by atoms with E-state index in [-0.39, 0.29) is 6.10 Å². The predicted octanol–water partition coefficient (Wildman–Crippen LogP) is 6.23. The smallest absolute Gasteiger partial charge is 0.108 e. The molecule has 2 saturated heterocycles. The lowest BCUT2D eigenvalue weighted by Gasteiger charge is -2.59. The molecule has 2 aliphatic heterocycles. The van der Waals surface area contributed by atoms with Crippen molar-refractivity contribution in [3.05, 3.63) is 108 Å². The zero-order valence-corrected chi connectivity index (χ0v) is 18.0. The molecule has 0 amide bonds. The van der Waals surface area contributed by atoms with Crippen LogP contribution in [0, 0.1) is 11.8 Å². The Hall–Kier alpha value is -2.42. The molecule has 2 heteroatoms. The van der Waals surface area contributed by atoms with E-state index in [2.05, 4.69) is 95.9 Å². The SMILES string of the molecule is c1ccc(CN2C3CC4CC2CC(C3)C4OC(c2ccccc2)c2ccccc2)cc1. The molecule has 4 bridgehead atoms. The maximum absolute atomic E-state index is 7.03. The highest BCUT2D eigenvalue weighted by atomic mass is 16.5. The summed E-state index contributed by atoms with van der Waals surface area (Å²) >= 11 is 0. The molecule has 2 heterocycles. The van der Waals surface area contributed by atoms with Crippen molar-refractivity contribution >= 4 is 0 Å². The molecule has 0 spiro atoms. The van der Waals surface area contributed by atoms with Crippen LogP contribution in [0.2, 0.25) is 0 Å². The van der Waals surface area contributed by atoms with Crippen LogP contribution in [0.4, 0.5) is 0 Å². The Labute approximate surface area is 185 Å². The Morgan fingerprint density at radius 2 is 1.10 bits per heavy atom. The molecular weight excluding hydrogens is 378 g/mol. The summed E-state index contributed by atoms with van der Waals surface area (Å²) < 4.78 is 7.03. The van der Waals surface area contributed by atoms with Crippen LogP contribution in [0.1, 0.15) is 48.5 Å². The summed E-state index contributed by atoms with van der Waals surface area (Å²) in [6, 6.07) is 34.1. The molecule has 0 unspecified atom stereocenters. The van der Waals surface area contributed by atoms with Gasteiger partial charge < -0.3 is 4.74 Å². The summed E-state index contributed by atoms with van der Waals surface area (Å²) in [5, 5.41) is 0. The van der Waals surface area contributed by atoms with E-state index in [0.29, 0.717) is 17.9 Å². The van der Waals surface area contributed by atoms with Gasteiger partial charge in [-0.2, -0.15) is 0 Å². The largest absolute Gasteiger partial charge is 0.365 e. The van der Waals surface area contributed by atoms with Crippen LogP contribution in [0.25, 0.3) is 0 Å². The number of rotatable bonds is 6. The second-order valence-corrected chi connectivity index (χ2v) is 9.73. The van der Waals surface area contributed by atoms with Gasteiger partial charge in [0.25, 0.3) is 0 Å². The number of piperidine rings is 2. The summed E-state index contributed by atoms with van der Waals surface area (Å²) in [7, 11) is 0. The van der Waals surface area contributed by atoms with Crippen molar-refractivity contribution in [3.63, 3.8) is 0 Å². The van der Waals surface area contributed by atoms with E-state index in [1.165, 1.54) is 42.4 Å². The molecule has 4 aliphatic rings. The second-order valence-electron chi connectivity index (χ2n) is 9.73. The molecule has 158 valence electrons. The maximum atomic E-state index is 7.03.